The van der Waals surface area contributed by atoms with Gasteiger partial charge in [0.1, 0.15) is 0 Å². The molecule has 0 aliphatic rings. The van der Waals surface area contributed by atoms with Crippen LogP contribution < -0.4 is 15.8 Å². The molecule has 0 radical (unpaired) electrons. The minimum atomic E-state index is 0.136. The second kappa shape index (κ2) is 5.41. The van der Waals surface area contributed by atoms with Crippen molar-refractivity contribution in [1.29, 1.82) is 0 Å². The molecule has 1 aromatic heterocycles. The van der Waals surface area contributed by atoms with Crippen LogP contribution in [0.25, 0.3) is 0 Å². The van der Waals surface area contributed by atoms with E-state index in [0.717, 1.165) is 0 Å². The highest BCUT2D eigenvalue weighted by atomic mass is 16.5. The Kier molecular flexibility index (Phi) is 4.17. The topological polar surface area (TPSA) is 80.4 Å². The van der Waals surface area contributed by atoms with E-state index in [1.807, 2.05) is 6.92 Å². The average molecular weight is 211 g/mol. The van der Waals surface area contributed by atoms with Crippen LogP contribution in [0.3, 0.4) is 0 Å². The second-order valence-electron chi connectivity index (χ2n) is 3.46. The maximum absolute atomic E-state index is 8.87. The lowest BCUT2D eigenvalue weighted by Crippen LogP contribution is -2.16. The molecule has 0 amide bonds. The number of nitrogen functional groups attached to an aromatic ring is 1. The molecule has 0 aliphatic heterocycles. The summed E-state index contributed by atoms with van der Waals surface area (Å²) < 4.78 is 4.99. The van der Waals surface area contributed by atoms with Crippen molar-refractivity contribution < 1.29 is 9.84 Å². The number of nitrogens with one attached hydrogen (secondary N) is 1. The molecule has 0 aromatic carbocycles. The number of aliphatic hydroxyl groups is 1. The number of ether oxygens (including phenoxy) is 1. The Hall–Kier alpha value is -1.49. The summed E-state index contributed by atoms with van der Waals surface area (Å²) in [6.45, 7) is 2.70. The standard InChI is InChI=1S/C10H17N3O2/c1-7(6-14)5-12-10-8(11)3-4-9(13-10)15-2/h3-4,7,14H,5-6,11H2,1-2H3,(H,12,13). The van der Waals surface area contributed by atoms with Crippen molar-refractivity contribution >= 4 is 11.5 Å². The van der Waals surface area contributed by atoms with Crippen LogP contribution in [0, 0.1) is 5.92 Å². The molecule has 0 saturated heterocycles. The number of rotatable bonds is 5. The number of aromatic nitrogens is 1. The van der Waals surface area contributed by atoms with E-state index in [0.29, 0.717) is 23.9 Å². The Balaban J connectivity index is 2.66. The SMILES string of the molecule is COc1ccc(N)c(NCC(C)CO)n1. The molecule has 1 aromatic rings. The van der Waals surface area contributed by atoms with Crippen LogP contribution in [-0.2, 0) is 0 Å². The van der Waals surface area contributed by atoms with Gasteiger partial charge in [0.2, 0.25) is 5.88 Å². The number of pyridine rings is 1. The number of hydrogen-bond acceptors (Lipinski definition) is 5. The average Bonchev–Trinajstić information content (AvgIpc) is 2.27. The highest BCUT2D eigenvalue weighted by molar-refractivity contribution is 5.61. The Morgan fingerprint density at radius 1 is 1.60 bits per heavy atom. The lowest BCUT2D eigenvalue weighted by Gasteiger charge is -2.12. The maximum atomic E-state index is 8.87. The fourth-order valence-corrected chi connectivity index (χ4v) is 1.04. The molecule has 0 saturated carbocycles. The first-order valence-corrected chi connectivity index (χ1v) is 4.82. The summed E-state index contributed by atoms with van der Waals surface area (Å²) in [6, 6.07) is 3.44. The van der Waals surface area contributed by atoms with E-state index in [2.05, 4.69) is 10.3 Å². The summed E-state index contributed by atoms with van der Waals surface area (Å²) in [5.74, 6) is 1.27. The zero-order chi connectivity index (χ0) is 11.3. The second-order valence-corrected chi connectivity index (χ2v) is 3.46. The van der Waals surface area contributed by atoms with Gasteiger partial charge in [-0.2, -0.15) is 4.98 Å². The molecular weight excluding hydrogens is 194 g/mol. The van der Waals surface area contributed by atoms with Gasteiger partial charge in [-0.15, -0.1) is 0 Å². The predicted molar refractivity (Wildman–Crippen MR) is 59.9 cm³/mol. The van der Waals surface area contributed by atoms with E-state index >= 15 is 0 Å². The molecule has 0 aliphatic carbocycles. The summed E-state index contributed by atoms with van der Waals surface area (Å²) in [7, 11) is 1.55. The van der Waals surface area contributed by atoms with Crippen LogP contribution in [-0.4, -0.2) is 30.4 Å². The molecule has 84 valence electrons. The summed E-state index contributed by atoms with van der Waals surface area (Å²) in [4.78, 5) is 4.16. The van der Waals surface area contributed by atoms with Gasteiger partial charge in [-0.05, 0) is 12.0 Å². The van der Waals surface area contributed by atoms with Crippen molar-refractivity contribution in [2.24, 2.45) is 5.92 Å². The van der Waals surface area contributed by atoms with Gasteiger partial charge >= 0.3 is 0 Å². The molecule has 4 N–H and O–H groups in total. The quantitative estimate of drug-likeness (QED) is 0.668. The third kappa shape index (κ3) is 3.28. The van der Waals surface area contributed by atoms with Crippen LogP contribution >= 0.6 is 0 Å². The Morgan fingerprint density at radius 3 is 2.93 bits per heavy atom. The molecule has 1 rings (SSSR count). The predicted octanol–water partition coefficient (Wildman–Crippen LogP) is 0.713. The Bertz CT molecular complexity index is 318. The Morgan fingerprint density at radius 2 is 2.33 bits per heavy atom. The molecule has 0 spiro atoms. The summed E-state index contributed by atoms with van der Waals surface area (Å²) in [5, 5.41) is 11.9. The van der Waals surface area contributed by atoms with Crippen molar-refractivity contribution in [3.8, 4) is 5.88 Å². The lowest BCUT2D eigenvalue weighted by atomic mass is 10.2. The zero-order valence-corrected chi connectivity index (χ0v) is 9.03. The van der Waals surface area contributed by atoms with Gasteiger partial charge in [-0.3, -0.25) is 0 Å². The Labute approximate surface area is 89.3 Å². The van der Waals surface area contributed by atoms with Gasteiger partial charge in [-0.1, -0.05) is 6.92 Å². The zero-order valence-electron chi connectivity index (χ0n) is 9.03. The largest absolute Gasteiger partial charge is 0.481 e. The smallest absolute Gasteiger partial charge is 0.215 e. The lowest BCUT2D eigenvalue weighted by molar-refractivity contribution is 0.244. The molecule has 15 heavy (non-hydrogen) atoms. The normalized spacial score (nSPS) is 12.2. The summed E-state index contributed by atoms with van der Waals surface area (Å²) >= 11 is 0. The van der Waals surface area contributed by atoms with Crippen LogP contribution in [0.4, 0.5) is 11.5 Å². The van der Waals surface area contributed by atoms with Crippen LogP contribution in [0.15, 0.2) is 12.1 Å². The molecule has 5 heteroatoms. The number of methoxy groups -OCH3 is 1. The molecular formula is C10H17N3O2. The van der Waals surface area contributed by atoms with Gasteiger partial charge in [0.25, 0.3) is 0 Å². The van der Waals surface area contributed by atoms with Crippen LogP contribution in [0.2, 0.25) is 0 Å². The molecule has 0 fully saturated rings. The van der Waals surface area contributed by atoms with Gasteiger partial charge in [0.15, 0.2) is 5.82 Å². The molecule has 1 atom stereocenters. The van der Waals surface area contributed by atoms with Gasteiger partial charge in [-0.25, -0.2) is 0 Å². The van der Waals surface area contributed by atoms with E-state index in [4.69, 9.17) is 15.6 Å². The number of aliphatic hydroxyl groups excluding tert-OH is 1. The number of anilines is 2. The third-order valence-corrected chi connectivity index (χ3v) is 2.04. The van der Waals surface area contributed by atoms with E-state index in [1.165, 1.54) is 0 Å². The van der Waals surface area contributed by atoms with Crippen molar-refractivity contribution in [2.45, 2.75) is 6.92 Å². The molecule has 5 nitrogen and oxygen atoms in total. The highest BCUT2D eigenvalue weighted by Gasteiger charge is 2.05. The number of nitrogens with two attached hydrogens (primary N) is 1. The van der Waals surface area contributed by atoms with Gasteiger partial charge in [0, 0.05) is 19.2 Å². The van der Waals surface area contributed by atoms with Crippen molar-refractivity contribution in [3.05, 3.63) is 12.1 Å². The van der Waals surface area contributed by atoms with Gasteiger partial charge < -0.3 is 20.9 Å². The van der Waals surface area contributed by atoms with E-state index in [1.54, 1.807) is 19.2 Å². The summed E-state index contributed by atoms with van der Waals surface area (Å²) in [5.41, 5.74) is 6.30. The summed E-state index contributed by atoms with van der Waals surface area (Å²) in [6.07, 6.45) is 0. The van der Waals surface area contributed by atoms with Crippen molar-refractivity contribution in [2.75, 3.05) is 31.3 Å². The highest BCUT2D eigenvalue weighted by Crippen LogP contribution is 2.19. The van der Waals surface area contributed by atoms with Gasteiger partial charge in [0.05, 0.1) is 12.8 Å². The molecule has 1 unspecified atom stereocenters. The van der Waals surface area contributed by atoms with Crippen molar-refractivity contribution in [3.63, 3.8) is 0 Å². The van der Waals surface area contributed by atoms with E-state index in [-0.39, 0.29) is 12.5 Å². The minimum Gasteiger partial charge on any atom is -0.481 e. The van der Waals surface area contributed by atoms with Crippen LogP contribution in [0.1, 0.15) is 6.92 Å². The van der Waals surface area contributed by atoms with E-state index in [9.17, 15) is 0 Å². The fraction of sp³-hybridized carbons (Fsp3) is 0.500. The molecule has 0 bridgehead atoms. The minimum absolute atomic E-state index is 0.136. The third-order valence-electron chi connectivity index (χ3n) is 2.04. The first kappa shape index (κ1) is 11.6. The fourth-order valence-electron chi connectivity index (χ4n) is 1.04. The number of nitrogens with zero attached hydrogens (tertiary/aromatic N) is 1. The molecule has 1 heterocycles. The number of hydrogen-bond donors (Lipinski definition) is 3. The van der Waals surface area contributed by atoms with Crippen molar-refractivity contribution in [1.82, 2.24) is 4.98 Å². The maximum Gasteiger partial charge on any atom is 0.215 e. The van der Waals surface area contributed by atoms with E-state index < -0.39 is 0 Å². The van der Waals surface area contributed by atoms with Crippen LogP contribution in [0.5, 0.6) is 5.88 Å². The first-order valence-electron chi connectivity index (χ1n) is 4.82. The first-order chi connectivity index (χ1) is 7.17. The monoisotopic (exact) mass is 211 g/mol.